The molecule has 0 aliphatic carbocycles. The van der Waals surface area contributed by atoms with Crippen LogP contribution < -0.4 is 54.4 Å². The van der Waals surface area contributed by atoms with Crippen LogP contribution in [0.3, 0.4) is 0 Å². The Kier molecular flexibility index (Phi) is 22.5. The zero-order valence-corrected chi connectivity index (χ0v) is 50.5. The smallest absolute Gasteiger partial charge is 0.266 e. The number of aromatic nitrogens is 3. The fourth-order valence-corrected chi connectivity index (χ4v) is 11.6. The maximum absolute atomic E-state index is 14.7. The third-order valence-corrected chi connectivity index (χ3v) is 16.6. The third kappa shape index (κ3) is 18.7. The van der Waals surface area contributed by atoms with E-state index >= 15 is 0 Å². The summed E-state index contributed by atoms with van der Waals surface area (Å²) in [5.74, 6) is -5.80. The van der Waals surface area contributed by atoms with Crippen molar-refractivity contribution in [3.63, 3.8) is 0 Å². The molecule has 3 aromatic heterocycles. The van der Waals surface area contributed by atoms with Crippen LogP contribution in [-0.2, 0) is 28.8 Å². The number of carbonyl (C=O) groups is 6. The van der Waals surface area contributed by atoms with Crippen LogP contribution in [0.4, 0.5) is 26.2 Å². The molecule has 0 bridgehead atoms. The van der Waals surface area contributed by atoms with Crippen LogP contribution in [0.5, 0.6) is 0 Å². The van der Waals surface area contributed by atoms with Crippen molar-refractivity contribution in [3.8, 4) is 16.5 Å². The molecule has 0 spiro atoms. The fraction of sp³-hybridized carbons (Fsp3) is 0.525. The number of piperidine rings is 1. The van der Waals surface area contributed by atoms with E-state index in [-0.39, 0.29) is 101 Å². The predicted molar refractivity (Wildman–Crippen MR) is 326 cm³/mol. The van der Waals surface area contributed by atoms with E-state index in [0.717, 1.165) is 27.3 Å². The van der Waals surface area contributed by atoms with Crippen molar-refractivity contribution in [3.05, 3.63) is 82.6 Å². The van der Waals surface area contributed by atoms with Crippen LogP contribution in [0.2, 0.25) is 0 Å². The van der Waals surface area contributed by atoms with Crippen LogP contribution >= 0.6 is 11.3 Å². The Hall–Kier alpha value is -8.58. The standard InChI is InChI=1S/C59H80F2N18O7S/c1-34(37-10-12-39(13-11-37)50-35(2)70-33-87-50)71-54(85)44-29-41(80)31-79(44)55(86)51(58(3,4)5)76-53(84)43(9-7-21-69-57(65)66)73-52(83)42(8-6-20-68-56(63)64)72-48(81)14-15-49(82)77-23-17-38(18-24-77)40-27-46(74-45-26-36(30-62)16-22-67-45)75-47(28-40)78-25-19-59(60,61)32-78/h10-13,16,22,26-28,33-34,38,41-44,51,80H,6-9,14-15,17-21,23-25,29,31-32H2,1-5H3,(H,71,85)(H,72,81)(H,73,83)(H,76,84)(H4,63,64,68)(H4,65,66,69)(H,67,74,75)/t34-,41+,42?,43?,44-,51+/m0/s1. The highest BCUT2D eigenvalue weighted by Gasteiger charge is 2.46. The van der Waals surface area contributed by atoms with Gasteiger partial charge in [-0.2, -0.15) is 5.26 Å². The number of nitrogens with one attached hydrogen (secondary N) is 5. The van der Waals surface area contributed by atoms with E-state index in [1.54, 1.807) is 49.4 Å². The van der Waals surface area contributed by atoms with Gasteiger partial charge < -0.3 is 69.3 Å². The van der Waals surface area contributed by atoms with Crippen molar-refractivity contribution in [2.75, 3.05) is 56.0 Å². The first-order valence-corrected chi connectivity index (χ1v) is 30.0. The predicted octanol–water partition coefficient (Wildman–Crippen LogP) is 3.30. The van der Waals surface area contributed by atoms with E-state index < -0.39 is 83.7 Å². The average Bonchev–Trinajstić information content (AvgIpc) is 2.15. The molecule has 25 nitrogen and oxygen atoms in total. The zero-order valence-electron chi connectivity index (χ0n) is 49.7. The van der Waals surface area contributed by atoms with Gasteiger partial charge >= 0.3 is 0 Å². The number of hydrogen-bond donors (Lipinski definition) is 10. The van der Waals surface area contributed by atoms with Crippen molar-refractivity contribution in [2.45, 2.75) is 147 Å². The normalized spacial score (nSPS) is 18.1. The molecule has 6 atom stereocenters. The topological polar surface area (TPSA) is 384 Å². The number of pyridine rings is 2. The summed E-state index contributed by atoms with van der Waals surface area (Å²) in [7, 11) is 0. The Balaban J connectivity index is 0.989. The Morgan fingerprint density at radius 2 is 1.52 bits per heavy atom. The molecule has 6 amide bonds. The van der Waals surface area contributed by atoms with Gasteiger partial charge in [0.05, 0.1) is 46.4 Å². The number of aryl methyl sites for hydroxylation is 1. The Labute approximate surface area is 508 Å². The largest absolute Gasteiger partial charge is 0.391 e. The molecule has 1 aromatic carbocycles. The van der Waals surface area contributed by atoms with Crippen LogP contribution in [-0.4, -0.2) is 159 Å². The van der Waals surface area contributed by atoms with Gasteiger partial charge in [0.25, 0.3) is 5.92 Å². The first kappa shape index (κ1) is 66.0. The number of hydrogen-bond acceptors (Lipinski definition) is 16. The SMILES string of the molecule is Cc1ncsc1-c1ccc([C@H](C)NC(=O)[C@@H]2C[C@@H](O)CN2C(=O)[C@@H](NC(=O)C(CCCN=C(N)N)NC(=O)C(CCCN=C(N)N)NC(=O)CCC(=O)N2CCC(c3cc(Nc4cc(C#N)ccn4)nc(N4CCC(F)(F)C4)c3)CC2)C(C)(C)C)cc1. The number of halogens is 2. The first-order chi connectivity index (χ1) is 41.3. The number of nitrogens with zero attached hydrogens (tertiary/aromatic N) is 9. The van der Waals surface area contributed by atoms with Gasteiger partial charge in [-0.3, -0.25) is 38.8 Å². The molecule has 3 aliphatic heterocycles. The summed E-state index contributed by atoms with van der Waals surface area (Å²) in [4.78, 5) is 112. The van der Waals surface area contributed by atoms with Gasteiger partial charge in [0.2, 0.25) is 35.4 Å². The number of benzene rings is 1. The van der Waals surface area contributed by atoms with Crippen LogP contribution in [0.1, 0.15) is 126 Å². The van der Waals surface area contributed by atoms with Gasteiger partial charge in [-0.15, -0.1) is 11.3 Å². The number of alkyl halides is 2. The molecule has 468 valence electrons. The summed E-state index contributed by atoms with van der Waals surface area (Å²) in [6.07, 6.45) is 1.03. The van der Waals surface area contributed by atoms with E-state index in [2.05, 4.69) is 57.6 Å². The van der Waals surface area contributed by atoms with Gasteiger partial charge in [0.1, 0.15) is 41.6 Å². The number of anilines is 3. The molecule has 3 aliphatic rings. The number of likely N-dealkylation sites (tertiary alicyclic amines) is 2. The van der Waals surface area contributed by atoms with Gasteiger partial charge in [0.15, 0.2) is 11.9 Å². The molecule has 6 heterocycles. The summed E-state index contributed by atoms with van der Waals surface area (Å²) in [6, 6.07) is 11.1. The monoisotopic (exact) mass is 1220 g/mol. The average molecular weight is 1220 g/mol. The molecule has 14 N–H and O–H groups in total. The second kappa shape index (κ2) is 29.7. The third-order valence-electron chi connectivity index (χ3n) is 15.6. The highest BCUT2D eigenvalue weighted by Crippen LogP contribution is 2.36. The second-order valence-electron chi connectivity index (χ2n) is 23.4. The van der Waals surface area contributed by atoms with Crippen molar-refractivity contribution < 1.29 is 42.7 Å². The van der Waals surface area contributed by atoms with Crippen molar-refractivity contribution in [1.82, 2.24) is 46.0 Å². The number of aliphatic imine (C=N–C) groups is 2. The minimum atomic E-state index is -2.87. The lowest BCUT2D eigenvalue weighted by Gasteiger charge is -2.36. The lowest BCUT2D eigenvalue weighted by Crippen LogP contribution is -2.61. The number of β-amino-alcohol motifs (C(OH)–C–C–N with tert-alkyl or cyclic N) is 1. The number of nitriles is 1. The number of rotatable bonds is 25. The molecule has 0 radical (unpaired) electrons. The lowest BCUT2D eigenvalue weighted by molar-refractivity contribution is -0.144. The fourth-order valence-electron chi connectivity index (χ4n) is 10.8. The van der Waals surface area contributed by atoms with Crippen molar-refractivity contribution in [2.24, 2.45) is 38.3 Å². The molecule has 4 aromatic rings. The summed E-state index contributed by atoms with van der Waals surface area (Å²) in [6.45, 7) is 9.23. The van der Waals surface area contributed by atoms with Crippen LogP contribution in [0.25, 0.3) is 10.4 Å². The first-order valence-electron chi connectivity index (χ1n) is 29.1. The molecule has 28 heteroatoms. The minimum Gasteiger partial charge on any atom is -0.391 e. The van der Waals surface area contributed by atoms with Crippen LogP contribution in [0, 0.1) is 23.7 Å². The maximum Gasteiger partial charge on any atom is 0.266 e. The highest BCUT2D eigenvalue weighted by atomic mass is 32.1. The Bertz CT molecular complexity index is 3190. The molecule has 87 heavy (non-hydrogen) atoms. The summed E-state index contributed by atoms with van der Waals surface area (Å²) < 4.78 is 28.8. The Morgan fingerprint density at radius 1 is 0.862 bits per heavy atom. The second-order valence-corrected chi connectivity index (χ2v) is 24.2. The molecule has 3 fully saturated rings. The molecule has 7 rings (SSSR count). The van der Waals surface area contributed by atoms with E-state index in [9.17, 15) is 47.9 Å². The van der Waals surface area contributed by atoms with Gasteiger partial charge in [-0.25, -0.2) is 23.7 Å². The number of aliphatic hydroxyl groups excluding tert-OH is 1. The van der Waals surface area contributed by atoms with Gasteiger partial charge in [-0.05, 0) is 105 Å². The molecular weight excluding hydrogens is 1140 g/mol. The van der Waals surface area contributed by atoms with Gasteiger partial charge in [0, 0.05) is 71.1 Å². The molecule has 3 saturated heterocycles. The van der Waals surface area contributed by atoms with Crippen molar-refractivity contribution in [1.29, 1.82) is 5.26 Å². The van der Waals surface area contributed by atoms with E-state index in [1.165, 1.54) is 27.3 Å². The summed E-state index contributed by atoms with van der Waals surface area (Å²) in [5.41, 5.74) is 27.0. The summed E-state index contributed by atoms with van der Waals surface area (Å²) >= 11 is 1.53. The number of thiazole rings is 1. The molecular formula is C59H80F2N18O7S. The number of amides is 6. The minimum absolute atomic E-state index is 0.00931. The maximum atomic E-state index is 14.7. The summed E-state index contributed by atoms with van der Waals surface area (Å²) in [5, 5.41) is 34.8. The Morgan fingerprint density at radius 3 is 2.11 bits per heavy atom. The van der Waals surface area contributed by atoms with Crippen LogP contribution in [0.15, 0.2) is 70.2 Å². The van der Waals surface area contributed by atoms with E-state index in [0.29, 0.717) is 48.9 Å². The molecule has 0 saturated carbocycles. The lowest BCUT2D eigenvalue weighted by atomic mass is 9.85. The van der Waals surface area contributed by atoms with Gasteiger partial charge in [-0.1, -0.05) is 45.0 Å². The zero-order chi connectivity index (χ0) is 63.2. The van der Waals surface area contributed by atoms with Crippen molar-refractivity contribution >= 4 is 76.2 Å². The molecule has 2 unspecified atom stereocenters. The number of nitrogens with two attached hydrogens (primary N) is 4. The number of guanidine groups is 2. The number of carbonyl (C=O) groups excluding carboxylic acids is 6. The van der Waals surface area contributed by atoms with E-state index in [4.69, 9.17) is 22.9 Å². The van der Waals surface area contributed by atoms with E-state index in [1.807, 2.05) is 44.2 Å². The number of aliphatic hydroxyl groups is 1. The highest BCUT2D eigenvalue weighted by molar-refractivity contribution is 7.13. The quantitative estimate of drug-likeness (QED) is 0.0258.